The van der Waals surface area contributed by atoms with Crippen LogP contribution in [0.3, 0.4) is 0 Å². The molecule has 3 unspecified atom stereocenters. The number of nitrogens with one attached hydrogen (secondary N) is 1. The van der Waals surface area contributed by atoms with Crippen LogP contribution in [0.2, 0.25) is 0 Å². The first-order chi connectivity index (χ1) is 7.70. The molecule has 2 aliphatic rings. The molecule has 0 bridgehead atoms. The Morgan fingerprint density at radius 1 is 1.44 bits per heavy atom. The molecule has 0 spiro atoms. The minimum atomic E-state index is -0.117. The normalized spacial score (nSPS) is 35.2. The average molecular weight is 225 g/mol. The van der Waals surface area contributed by atoms with Gasteiger partial charge in [-0.3, -0.25) is 14.9 Å². The van der Waals surface area contributed by atoms with Gasteiger partial charge in [-0.1, -0.05) is 13.3 Å². The second kappa shape index (κ2) is 4.95. The minimum Gasteiger partial charge on any atom is -0.378 e. The van der Waals surface area contributed by atoms with E-state index < -0.39 is 0 Å². The number of hydrogen-bond acceptors (Lipinski definition) is 3. The molecule has 2 amide bonds. The SMILES string of the molecule is CCCC1CC(C2CC(=O)NC2=O)CCO1. The maximum atomic E-state index is 11.6. The lowest BCUT2D eigenvalue weighted by atomic mass is 9.82. The Balaban J connectivity index is 1.93. The molecular formula is C12H19NO3. The van der Waals surface area contributed by atoms with Crippen LogP contribution in [-0.2, 0) is 14.3 Å². The molecule has 0 aliphatic carbocycles. The van der Waals surface area contributed by atoms with E-state index in [0.717, 1.165) is 32.3 Å². The van der Waals surface area contributed by atoms with Crippen molar-refractivity contribution in [1.29, 1.82) is 0 Å². The molecular weight excluding hydrogens is 206 g/mol. The number of imide groups is 1. The number of amides is 2. The molecule has 0 aromatic heterocycles. The molecule has 3 atom stereocenters. The summed E-state index contributed by atoms with van der Waals surface area (Å²) in [4.78, 5) is 22.7. The maximum Gasteiger partial charge on any atom is 0.230 e. The molecule has 2 heterocycles. The fraction of sp³-hybridized carbons (Fsp3) is 0.833. The van der Waals surface area contributed by atoms with E-state index in [0.29, 0.717) is 12.3 Å². The van der Waals surface area contributed by atoms with Crippen molar-refractivity contribution in [3.8, 4) is 0 Å². The molecule has 1 N–H and O–H groups in total. The fourth-order valence-corrected chi connectivity index (χ4v) is 2.75. The summed E-state index contributed by atoms with van der Waals surface area (Å²) in [6.07, 6.45) is 4.66. The van der Waals surface area contributed by atoms with Crippen LogP contribution in [0.4, 0.5) is 0 Å². The smallest absolute Gasteiger partial charge is 0.230 e. The highest BCUT2D eigenvalue weighted by atomic mass is 16.5. The number of carbonyl (C=O) groups is 2. The van der Waals surface area contributed by atoms with Crippen LogP contribution in [-0.4, -0.2) is 24.5 Å². The molecule has 2 fully saturated rings. The Morgan fingerprint density at radius 3 is 2.88 bits per heavy atom. The maximum absolute atomic E-state index is 11.6. The lowest BCUT2D eigenvalue weighted by molar-refractivity contribution is -0.127. The van der Waals surface area contributed by atoms with Crippen molar-refractivity contribution in [2.45, 2.75) is 45.1 Å². The van der Waals surface area contributed by atoms with Gasteiger partial charge < -0.3 is 4.74 Å². The lowest BCUT2D eigenvalue weighted by Crippen LogP contribution is -2.33. The van der Waals surface area contributed by atoms with Crippen LogP contribution >= 0.6 is 0 Å². The molecule has 0 aromatic carbocycles. The third-order valence-corrected chi connectivity index (χ3v) is 3.59. The number of carbonyl (C=O) groups excluding carboxylic acids is 2. The van der Waals surface area contributed by atoms with Gasteiger partial charge in [0.1, 0.15) is 0 Å². The number of hydrogen-bond donors (Lipinski definition) is 1. The molecule has 90 valence electrons. The molecule has 2 rings (SSSR count). The van der Waals surface area contributed by atoms with Crippen LogP contribution in [0.25, 0.3) is 0 Å². The summed E-state index contributed by atoms with van der Waals surface area (Å²) in [6, 6.07) is 0. The van der Waals surface area contributed by atoms with Gasteiger partial charge in [-0.15, -0.1) is 0 Å². The first-order valence-electron chi connectivity index (χ1n) is 6.16. The molecule has 0 aromatic rings. The van der Waals surface area contributed by atoms with E-state index in [2.05, 4.69) is 12.2 Å². The van der Waals surface area contributed by atoms with E-state index in [9.17, 15) is 9.59 Å². The largest absolute Gasteiger partial charge is 0.378 e. The highest BCUT2D eigenvalue weighted by molar-refractivity contribution is 6.03. The van der Waals surface area contributed by atoms with Crippen molar-refractivity contribution in [2.75, 3.05) is 6.61 Å². The lowest BCUT2D eigenvalue weighted by Gasteiger charge is -2.31. The Hall–Kier alpha value is -0.900. The molecule has 4 heteroatoms. The summed E-state index contributed by atoms with van der Waals surface area (Å²) in [5.41, 5.74) is 0. The first-order valence-corrected chi connectivity index (χ1v) is 6.16. The van der Waals surface area contributed by atoms with E-state index in [1.165, 1.54) is 0 Å². The van der Waals surface area contributed by atoms with Gasteiger partial charge >= 0.3 is 0 Å². The Labute approximate surface area is 95.7 Å². The van der Waals surface area contributed by atoms with Gasteiger partial charge in [0, 0.05) is 13.0 Å². The topological polar surface area (TPSA) is 55.4 Å². The summed E-state index contributed by atoms with van der Waals surface area (Å²) in [5, 5.41) is 2.39. The van der Waals surface area contributed by atoms with Crippen LogP contribution in [0.15, 0.2) is 0 Å². The zero-order chi connectivity index (χ0) is 11.5. The summed E-state index contributed by atoms with van der Waals surface area (Å²) in [6.45, 7) is 2.87. The van der Waals surface area contributed by atoms with Crippen molar-refractivity contribution in [1.82, 2.24) is 5.32 Å². The predicted molar refractivity (Wildman–Crippen MR) is 58.6 cm³/mol. The average Bonchev–Trinajstić information content (AvgIpc) is 2.59. The molecule has 4 nitrogen and oxygen atoms in total. The molecule has 0 saturated carbocycles. The summed E-state index contributed by atoms with van der Waals surface area (Å²) in [5.74, 6) is 0.0354. The third kappa shape index (κ3) is 2.43. The molecule has 0 radical (unpaired) electrons. The van der Waals surface area contributed by atoms with Crippen LogP contribution in [0, 0.1) is 11.8 Å². The van der Waals surface area contributed by atoms with Gasteiger partial charge in [-0.25, -0.2) is 0 Å². The molecule has 2 saturated heterocycles. The van der Waals surface area contributed by atoms with Crippen molar-refractivity contribution in [2.24, 2.45) is 11.8 Å². The van der Waals surface area contributed by atoms with E-state index in [-0.39, 0.29) is 23.8 Å². The van der Waals surface area contributed by atoms with E-state index >= 15 is 0 Å². The summed E-state index contributed by atoms with van der Waals surface area (Å²) in [7, 11) is 0. The molecule has 16 heavy (non-hydrogen) atoms. The van der Waals surface area contributed by atoms with E-state index in [1.807, 2.05) is 0 Å². The first kappa shape index (κ1) is 11.6. The fourth-order valence-electron chi connectivity index (χ4n) is 2.75. The van der Waals surface area contributed by atoms with Crippen LogP contribution < -0.4 is 5.32 Å². The Morgan fingerprint density at radius 2 is 2.25 bits per heavy atom. The monoisotopic (exact) mass is 225 g/mol. The van der Waals surface area contributed by atoms with Crippen molar-refractivity contribution in [3.05, 3.63) is 0 Å². The highest BCUT2D eigenvalue weighted by Gasteiger charge is 2.38. The number of rotatable bonds is 3. The predicted octanol–water partition coefficient (Wildman–Crippen LogP) is 1.24. The quantitative estimate of drug-likeness (QED) is 0.735. The zero-order valence-electron chi connectivity index (χ0n) is 9.70. The van der Waals surface area contributed by atoms with Gasteiger partial charge in [0.2, 0.25) is 11.8 Å². The number of ether oxygens (including phenoxy) is 1. The van der Waals surface area contributed by atoms with Gasteiger partial charge in [-0.2, -0.15) is 0 Å². The Bertz CT molecular complexity index is 288. The van der Waals surface area contributed by atoms with Crippen molar-refractivity contribution in [3.63, 3.8) is 0 Å². The molecule has 2 aliphatic heterocycles. The minimum absolute atomic E-state index is 0.0767. The second-order valence-corrected chi connectivity index (χ2v) is 4.79. The van der Waals surface area contributed by atoms with Gasteiger partial charge in [-0.05, 0) is 25.2 Å². The van der Waals surface area contributed by atoms with Gasteiger partial charge in [0.05, 0.1) is 12.0 Å². The van der Waals surface area contributed by atoms with Gasteiger partial charge in [0.15, 0.2) is 0 Å². The van der Waals surface area contributed by atoms with Crippen molar-refractivity contribution < 1.29 is 14.3 Å². The van der Waals surface area contributed by atoms with Gasteiger partial charge in [0.25, 0.3) is 0 Å². The third-order valence-electron chi connectivity index (χ3n) is 3.59. The van der Waals surface area contributed by atoms with Crippen LogP contribution in [0.1, 0.15) is 39.0 Å². The zero-order valence-corrected chi connectivity index (χ0v) is 9.70. The summed E-state index contributed by atoms with van der Waals surface area (Å²) >= 11 is 0. The van der Waals surface area contributed by atoms with Crippen molar-refractivity contribution >= 4 is 11.8 Å². The van der Waals surface area contributed by atoms with Crippen LogP contribution in [0.5, 0.6) is 0 Å². The van der Waals surface area contributed by atoms with E-state index in [4.69, 9.17) is 4.74 Å². The Kier molecular flexibility index (Phi) is 3.59. The highest BCUT2D eigenvalue weighted by Crippen LogP contribution is 2.32. The van der Waals surface area contributed by atoms with E-state index in [1.54, 1.807) is 0 Å². The standard InChI is InChI=1S/C12H19NO3/c1-2-3-9-6-8(4-5-16-9)10-7-11(14)13-12(10)15/h8-10H,2-7H2,1H3,(H,13,14,15). The summed E-state index contributed by atoms with van der Waals surface area (Å²) < 4.78 is 5.65. The second-order valence-electron chi connectivity index (χ2n) is 4.79.